The molecule has 0 radical (unpaired) electrons. The fourth-order valence-electron chi connectivity index (χ4n) is 3.17. The van der Waals surface area contributed by atoms with Crippen LogP contribution < -0.4 is 20.1 Å². The van der Waals surface area contributed by atoms with Crippen LogP contribution in [0.15, 0.2) is 29.8 Å². The Hall–Kier alpha value is -3.03. The predicted molar refractivity (Wildman–Crippen MR) is 113 cm³/mol. The summed E-state index contributed by atoms with van der Waals surface area (Å²) in [6, 6.07) is 4.13. The summed E-state index contributed by atoms with van der Waals surface area (Å²) < 4.78 is 13.7. The molecule has 3 rings (SSSR count). The van der Waals surface area contributed by atoms with Crippen LogP contribution >= 0.6 is 0 Å². The summed E-state index contributed by atoms with van der Waals surface area (Å²) in [7, 11) is 1.94. The van der Waals surface area contributed by atoms with E-state index in [-0.39, 0.29) is 6.10 Å². The van der Waals surface area contributed by atoms with Crippen molar-refractivity contribution in [3.05, 3.63) is 47.6 Å². The second-order valence-corrected chi connectivity index (χ2v) is 7.04. The first kappa shape index (κ1) is 20.7. The van der Waals surface area contributed by atoms with E-state index in [0.29, 0.717) is 32.2 Å². The Kier molecular flexibility index (Phi) is 6.74. The van der Waals surface area contributed by atoms with Gasteiger partial charge in [0, 0.05) is 31.1 Å². The highest BCUT2D eigenvalue weighted by atomic mass is 16.5. The largest absolute Gasteiger partial charge is 0.494 e. The van der Waals surface area contributed by atoms with Gasteiger partial charge in [-0.25, -0.2) is 4.99 Å². The van der Waals surface area contributed by atoms with Gasteiger partial charge < -0.3 is 24.7 Å². The molecular weight excluding hydrogens is 368 g/mol. The number of aliphatic imine (C=N–C) groups is 1. The zero-order valence-electron chi connectivity index (χ0n) is 17.7. The number of rotatable bonds is 8. The third-order valence-electron chi connectivity index (χ3n) is 4.80. The van der Waals surface area contributed by atoms with Crippen LogP contribution in [-0.2, 0) is 26.6 Å². The molecule has 8 heteroatoms. The van der Waals surface area contributed by atoms with E-state index >= 15 is 0 Å². The molecule has 0 fully saturated rings. The zero-order chi connectivity index (χ0) is 20.8. The molecule has 8 nitrogen and oxygen atoms in total. The van der Waals surface area contributed by atoms with Gasteiger partial charge in [-0.05, 0) is 32.9 Å². The van der Waals surface area contributed by atoms with Gasteiger partial charge in [0.15, 0.2) is 11.8 Å². The first-order valence-corrected chi connectivity index (χ1v) is 9.95. The normalized spacial score (nSPS) is 15.6. The number of hydrogen-bond donors (Lipinski definition) is 2. The fraction of sp³-hybridized carbons (Fsp3) is 0.476. The van der Waals surface area contributed by atoms with Crippen molar-refractivity contribution in [2.45, 2.75) is 46.4 Å². The number of ether oxygens (including phenoxy) is 2. The summed E-state index contributed by atoms with van der Waals surface area (Å²) in [5.74, 6) is 4.16. The van der Waals surface area contributed by atoms with Crippen LogP contribution in [0.5, 0.6) is 11.5 Å². The van der Waals surface area contributed by atoms with Crippen molar-refractivity contribution < 1.29 is 9.47 Å². The van der Waals surface area contributed by atoms with E-state index in [4.69, 9.17) is 14.5 Å². The van der Waals surface area contributed by atoms with E-state index in [1.807, 2.05) is 31.5 Å². The number of fused-ring (bicyclic) bond motifs is 1. The molecule has 0 spiro atoms. The van der Waals surface area contributed by atoms with Crippen molar-refractivity contribution in [2.24, 2.45) is 12.0 Å². The molecule has 0 bridgehead atoms. The van der Waals surface area contributed by atoms with Crippen molar-refractivity contribution in [2.75, 3.05) is 13.2 Å². The van der Waals surface area contributed by atoms with Gasteiger partial charge in [-0.2, -0.15) is 0 Å². The lowest BCUT2D eigenvalue weighted by atomic mass is 10.1. The quantitative estimate of drug-likeness (QED) is 0.403. The van der Waals surface area contributed by atoms with E-state index in [1.165, 1.54) is 5.56 Å². The molecule has 1 aromatic carbocycles. The molecule has 0 aliphatic carbocycles. The minimum absolute atomic E-state index is 0.194. The summed E-state index contributed by atoms with van der Waals surface area (Å²) in [4.78, 5) is 4.72. The lowest BCUT2D eigenvalue weighted by molar-refractivity contribution is 0.254. The first-order valence-electron chi connectivity index (χ1n) is 9.95. The summed E-state index contributed by atoms with van der Waals surface area (Å²) in [6.07, 6.45) is 2.89. The lowest BCUT2D eigenvalue weighted by Crippen LogP contribution is -2.37. The highest BCUT2D eigenvalue weighted by molar-refractivity contribution is 5.79. The lowest BCUT2D eigenvalue weighted by Gasteiger charge is -2.14. The van der Waals surface area contributed by atoms with Crippen molar-refractivity contribution in [1.82, 2.24) is 25.4 Å². The molecular formula is C21H30N6O2. The highest BCUT2D eigenvalue weighted by Gasteiger charge is 2.21. The SMILES string of the molecule is C=CCNC(=NCc1cc2c(cc1OCC)CC(C)O2)NCc1nnc(C)n1C. The van der Waals surface area contributed by atoms with E-state index in [9.17, 15) is 0 Å². The third-order valence-corrected chi connectivity index (χ3v) is 4.80. The van der Waals surface area contributed by atoms with Gasteiger partial charge in [0.2, 0.25) is 0 Å². The van der Waals surface area contributed by atoms with Crippen molar-refractivity contribution in [3.8, 4) is 11.5 Å². The number of aromatic nitrogens is 3. The smallest absolute Gasteiger partial charge is 0.192 e. The second-order valence-electron chi connectivity index (χ2n) is 7.04. The van der Waals surface area contributed by atoms with Crippen molar-refractivity contribution in [3.63, 3.8) is 0 Å². The minimum atomic E-state index is 0.194. The molecule has 1 atom stereocenters. The van der Waals surface area contributed by atoms with Gasteiger partial charge in [0.1, 0.15) is 23.4 Å². The molecule has 0 amide bonds. The molecule has 2 aromatic rings. The number of hydrogen-bond acceptors (Lipinski definition) is 5. The Morgan fingerprint density at radius 2 is 2.24 bits per heavy atom. The van der Waals surface area contributed by atoms with E-state index in [0.717, 1.165) is 35.1 Å². The van der Waals surface area contributed by atoms with Crippen LogP contribution in [0.25, 0.3) is 0 Å². The maximum atomic E-state index is 5.91. The van der Waals surface area contributed by atoms with Gasteiger partial charge in [0.05, 0.1) is 19.7 Å². The van der Waals surface area contributed by atoms with Crippen molar-refractivity contribution in [1.29, 1.82) is 0 Å². The van der Waals surface area contributed by atoms with Gasteiger partial charge in [0.25, 0.3) is 0 Å². The summed E-state index contributed by atoms with van der Waals surface area (Å²) in [6.45, 7) is 11.9. The number of benzene rings is 1. The van der Waals surface area contributed by atoms with Crippen LogP contribution in [0.3, 0.4) is 0 Å². The Morgan fingerprint density at radius 3 is 2.93 bits per heavy atom. The Bertz CT molecular complexity index is 890. The average Bonchev–Trinajstić information content (AvgIpc) is 3.22. The molecule has 29 heavy (non-hydrogen) atoms. The maximum absolute atomic E-state index is 5.91. The molecule has 1 aromatic heterocycles. The molecule has 1 unspecified atom stereocenters. The topological polar surface area (TPSA) is 85.6 Å². The number of nitrogens with zero attached hydrogens (tertiary/aromatic N) is 4. The third kappa shape index (κ3) is 5.07. The fourth-order valence-corrected chi connectivity index (χ4v) is 3.17. The van der Waals surface area contributed by atoms with E-state index in [1.54, 1.807) is 6.08 Å². The summed E-state index contributed by atoms with van der Waals surface area (Å²) in [5.41, 5.74) is 2.18. The molecule has 2 N–H and O–H groups in total. The van der Waals surface area contributed by atoms with Crippen LogP contribution in [-0.4, -0.2) is 40.0 Å². The Balaban J connectivity index is 1.76. The van der Waals surface area contributed by atoms with Crippen LogP contribution in [0, 0.1) is 6.92 Å². The van der Waals surface area contributed by atoms with Gasteiger partial charge in [-0.1, -0.05) is 6.08 Å². The van der Waals surface area contributed by atoms with Gasteiger partial charge in [-0.15, -0.1) is 16.8 Å². The number of aryl methyl sites for hydroxylation is 1. The summed E-state index contributed by atoms with van der Waals surface area (Å²) >= 11 is 0. The van der Waals surface area contributed by atoms with Crippen LogP contribution in [0.4, 0.5) is 0 Å². The summed E-state index contributed by atoms with van der Waals surface area (Å²) in [5, 5.41) is 14.8. The van der Waals surface area contributed by atoms with Crippen LogP contribution in [0.2, 0.25) is 0 Å². The Labute approximate surface area is 172 Å². The molecule has 1 aliphatic heterocycles. The monoisotopic (exact) mass is 398 g/mol. The molecule has 0 saturated carbocycles. The minimum Gasteiger partial charge on any atom is -0.494 e. The molecule has 0 saturated heterocycles. The number of nitrogens with one attached hydrogen (secondary N) is 2. The molecule has 2 heterocycles. The maximum Gasteiger partial charge on any atom is 0.192 e. The predicted octanol–water partition coefficient (Wildman–Crippen LogP) is 2.27. The van der Waals surface area contributed by atoms with Gasteiger partial charge >= 0.3 is 0 Å². The second kappa shape index (κ2) is 9.45. The highest BCUT2D eigenvalue weighted by Crippen LogP contribution is 2.35. The molecule has 156 valence electrons. The van der Waals surface area contributed by atoms with Gasteiger partial charge in [-0.3, -0.25) is 0 Å². The van der Waals surface area contributed by atoms with E-state index in [2.05, 4.69) is 40.4 Å². The average molecular weight is 399 g/mol. The zero-order valence-corrected chi connectivity index (χ0v) is 17.7. The first-order chi connectivity index (χ1) is 14.0. The van der Waals surface area contributed by atoms with E-state index < -0.39 is 0 Å². The van der Waals surface area contributed by atoms with Crippen molar-refractivity contribution >= 4 is 5.96 Å². The number of guanidine groups is 1. The Morgan fingerprint density at radius 1 is 1.41 bits per heavy atom. The van der Waals surface area contributed by atoms with Crippen LogP contribution in [0.1, 0.15) is 36.6 Å². The standard InChI is InChI=1S/C21H30N6O2/c1-6-8-22-21(24-13-20-26-25-15(4)27(20)5)23-12-17-11-19-16(9-14(3)29-19)10-18(17)28-7-2/h6,10-11,14H,1,7-9,12-13H2,2-5H3,(H2,22,23,24). The molecule has 1 aliphatic rings.